The van der Waals surface area contributed by atoms with Crippen molar-refractivity contribution in [3.8, 4) is 6.07 Å². The molecule has 1 aliphatic heterocycles. The Morgan fingerprint density at radius 3 is 2.37 bits per heavy atom. The van der Waals surface area contributed by atoms with Crippen LogP contribution in [0.1, 0.15) is 17.0 Å². The van der Waals surface area contributed by atoms with Gasteiger partial charge in [0.25, 0.3) is 0 Å². The van der Waals surface area contributed by atoms with E-state index in [1.54, 1.807) is 23.9 Å². The first-order chi connectivity index (χ1) is 14.3. The number of carbonyl (C=O) groups excluding carboxylic acids is 2. The number of aromatic nitrogens is 1. The molecule has 2 aromatic rings. The van der Waals surface area contributed by atoms with Crippen LogP contribution in [0.2, 0.25) is 0 Å². The van der Waals surface area contributed by atoms with Gasteiger partial charge in [0.2, 0.25) is 5.78 Å². The molecule has 0 fully saturated rings. The van der Waals surface area contributed by atoms with Crippen molar-refractivity contribution in [1.82, 2.24) is 5.16 Å². The Balaban J connectivity index is 1.59. The summed E-state index contributed by atoms with van der Waals surface area (Å²) in [6, 6.07) is 9.57. The highest BCUT2D eigenvalue weighted by Crippen LogP contribution is 2.40. The fourth-order valence-electron chi connectivity index (χ4n) is 3.26. The maximum atomic E-state index is 12.6. The molecule has 0 atom stereocenters. The lowest BCUT2D eigenvalue weighted by Crippen LogP contribution is -2.28. The molecule has 0 N–H and O–H groups in total. The van der Waals surface area contributed by atoms with Crippen LogP contribution in [0.5, 0.6) is 0 Å². The second-order valence-corrected chi connectivity index (χ2v) is 7.78. The number of benzene rings is 1. The maximum Gasteiger partial charge on any atom is 0.316 e. The van der Waals surface area contributed by atoms with E-state index >= 15 is 0 Å². The average Bonchev–Trinajstić information content (AvgIpc) is 3.19. The molecule has 0 amide bonds. The summed E-state index contributed by atoms with van der Waals surface area (Å²) in [6.07, 6.45) is 0. The molecule has 0 aliphatic carbocycles. The van der Waals surface area contributed by atoms with Crippen LogP contribution in [0.25, 0.3) is 0 Å². The molecule has 3 rings (SSSR count). The van der Waals surface area contributed by atoms with Gasteiger partial charge in [0.05, 0.1) is 22.8 Å². The van der Waals surface area contributed by atoms with Gasteiger partial charge in [-0.05, 0) is 26.0 Å². The van der Waals surface area contributed by atoms with E-state index in [0.717, 1.165) is 28.4 Å². The summed E-state index contributed by atoms with van der Waals surface area (Å²) in [5.41, 5.74) is 3.48. The van der Waals surface area contributed by atoms with Gasteiger partial charge in [0.15, 0.2) is 6.61 Å². The van der Waals surface area contributed by atoms with E-state index in [-0.39, 0.29) is 11.3 Å². The molecule has 1 aliphatic rings. The van der Waals surface area contributed by atoms with Crippen LogP contribution in [0.4, 0.5) is 11.4 Å². The number of para-hydroxylation sites is 2. The fraction of sp³-hybridized carbons (Fsp3) is 0.333. The monoisotopic (exact) mass is 426 g/mol. The average molecular weight is 426 g/mol. The number of ether oxygens (including phenoxy) is 1. The Morgan fingerprint density at radius 1 is 1.20 bits per heavy atom. The maximum absolute atomic E-state index is 12.6. The molecule has 0 spiro atoms. The number of nitrogens with zero attached hydrogens (tertiary/aromatic N) is 4. The smallest absolute Gasteiger partial charge is 0.316 e. The van der Waals surface area contributed by atoms with Crippen LogP contribution in [0, 0.1) is 25.2 Å². The van der Waals surface area contributed by atoms with Crippen molar-refractivity contribution in [2.75, 3.05) is 36.3 Å². The number of fused-ring (bicyclic) bond motifs is 1. The number of ketones is 1. The summed E-state index contributed by atoms with van der Waals surface area (Å²) in [5.74, 6) is 0.779. The van der Waals surface area contributed by atoms with Gasteiger partial charge in [-0.1, -0.05) is 17.3 Å². The van der Waals surface area contributed by atoms with E-state index in [0.29, 0.717) is 11.6 Å². The zero-order valence-corrected chi connectivity index (χ0v) is 18.1. The molecule has 9 heteroatoms. The molecule has 0 saturated carbocycles. The zero-order chi connectivity index (χ0) is 21.8. The lowest BCUT2D eigenvalue weighted by molar-refractivity contribution is -0.144. The van der Waals surface area contributed by atoms with E-state index in [2.05, 4.69) is 5.16 Å². The molecule has 1 aromatic heterocycles. The first-order valence-electron chi connectivity index (χ1n) is 9.24. The van der Waals surface area contributed by atoms with Gasteiger partial charge in [-0.25, -0.2) is 0 Å². The van der Waals surface area contributed by atoms with Crippen LogP contribution in [0.15, 0.2) is 40.2 Å². The van der Waals surface area contributed by atoms with Crippen LogP contribution >= 0.6 is 11.8 Å². The highest BCUT2D eigenvalue weighted by atomic mass is 32.2. The minimum Gasteiger partial charge on any atom is -0.457 e. The Hall–Kier alpha value is -3.25. The van der Waals surface area contributed by atoms with Gasteiger partial charge < -0.3 is 19.1 Å². The molecule has 1 aromatic carbocycles. The molecule has 8 nitrogen and oxygen atoms in total. The van der Waals surface area contributed by atoms with E-state index in [9.17, 15) is 14.9 Å². The third-order valence-electron chi connectivity index (χ3n) is 4.87. The molecule has 0 unspecified atom stereocenters. The third kappa shape index (κ3) is 4.19. The van der Waals surface area contributed by atoms with Gasteiger partial charge in [0, 0.05) is 25.4 Å². The van der Waals surface area contributed by atoms with Crippen molar-refractivity contribution in [3.63, 3.8) is 0 Å². The van der Waals surface area contributed by atoms with Crippen molar-refractivity contribution >= 4 is 34.9 Å². The predicted molar refractivity (Wildman–Crippen MR) is 114 cm³/mol. The van der Waals surface area contributed by atoms with Crippen LogP contribution in [-0.2, 0) is 20.1 Å². The Kier molecular flexibility index (Phi) is 6.47. The minimum atomic E-state index is -0.539. The number of thioether (sulfide) groups is 1. The third-order valence-corrected chi connectivity index (χ3v) is 5.80. The van der Waals surface area contributed by atoms with Gasteiger partial charge >= 0.3 is 5.97 Å². The Morgan fingerprint density at radius 2 is 1.83 bits per heavy atom. The highest BCUT2D eigenvalue weighted by Gasteiger charge is 2.31. The van der Waals surface area contributed by atoms with Crippen LogP contribution in [0.3, 0.4) is 0 Å². The summed E-state index contributed by atoms with van der Waals surface area (Å²) < 4.78 is 10.2. The van der Waals surface area contributed by atoms with Gasteiger partial charge in [0.1, 0.15) is 23.2 Å². The second kappa shape index (κ2) is 9.05. The zero-order valence-electron chi connectivity index (χ0n) is 17.3. The summed E-state index contributed by atoms with van der Waals surface area (Å²) in [4.78, 5) is 28.2. The van der Waals surface area contributed by atoms with Crippen molar-refractivity contribution < 1.29 is 18.8 Å². The van der Waals surface area contributed by atoms with Gasteiger partial charge in [-0.2, -0.15) is 5.26 Å². The number of Topliss-reactive ketones (excluding diaryl/α,β-unsaturated/α-hetero) is 1. The van der Waals surface area contributed by atoms with E-state index in [1.807, 2.05) is 44.2 Å². The number of nitriles is 1. The predicted octanol–water partition coefficient (Wildman–Crippen LogP) is 2.96. The standard InChI is InChI=1S/C21H22N4O4S/c1-13-16(14(2)29-23-13)11-30-12-20(27)28-10-19(26)15(9-22)21-24(3)17-7-5-6-8-18(17)25(21)4/h5-8H,10-12H2,1-4H3. The lowest BCUT2D eigenvalue weighted by Gasteiger charge is -2.19. The number of hydrogen-bond acceptors (Lipinski definition) is 9. The van der Waals surface area contributed by atoms with Crippen LogP contribution in [-0.4, -0.2) is 43.4 Å². The number of rotatable bonds is 7. The number of anilines is 2. The van der Waals surface area contributed by atoms with Gasteiger partial charge in [-0.15, -0.1) is 11.8 Å². The molecular weight excluding hydrogens is 404 g/mol. The van der Waals surface area contributed by atoms with Crippen molar-refractivity contribution in [3.05, 3.63) is 52.7 Å². The first kappa shape index (κ1) is 21.5. The minimum absolute atomic E-state index is 0.0487. The SMILES string of the molecule is Cc1noc(C)c1CSCC(=O)OCC(=O)C(C#N)=C1N(C)c2ccccc2N1C. The van der Waals surface area contributed by atoms with Crippen molar-refractivity contribution in [2.24, 2.45) is 0 Å². The molecule has 2 heterocycles. The van der Waals surface area contributed by atoms with E-state index < -0.39 is 18.4 Å². The quantitative estimate of drug-likeness (QED) is 0.376. The summed E-state index contributed by atoms with van der Waals surface area (Å²) in [6.45, 7) is 3.18. The summed E-state index contributed by atoms with van der Waals surface area (Å²) in [5, 5.41) is 13.5. The molecule has 0 radical (unpaired) electrons. The number of carbonyl (C=O) groups is 2. The van der Waals surface area contributed by atoms with Crippen molar-refractivity contribution in [1.29, 1.82) is 5.26 Å². The number of esters is 1. The Bertz CT molecular complexity index is 1000. The number of hydrogen-bond donors (Lipinski definition) is 0. The second-order valence-electron chi connectivity index (χ2n) is 6.80. The highest BCUT2D eigenvalue weighted by molar-refractivity contribution is 7.99. The lowest BCUT2D eigenvalue weighted by atomic mass is 10.2. The van der Waals surface area contributed by atoms with Crippen molar-refractivity contribution in [2.45, 2.75) is 19.6 Å². The molecule has 156 valence electrons. The molecular formula is C21H22N4O4S. The normalized spacial score (nSPS) is 12.6. The molecule has 0 saturated heterocycles. The summed E-state index contributed by atoms with van der Waals surface area (Å²) >= 11 is 1.35. The first-order valence-corrected chi connectivity index (χ1v) is 10.4. The fourth-order valence-corrected chi connectivity index (χ4v) is 4.23. The van der Waals surface area contributed by atoms with E-state index in [1.165, 1.54) is 11.8 Å². The largest absolute Gasteiger partial charge is 0.457 e. The Labute approximate surface area is 179 Å². The molecule has 30 heavy (non-hydrogen) atoms. The summed E-state index contributed by atoms with van der Waals surface area (Å²) in [7, 11) is 3.58. The number of aryl methyl sites for hydroxylation is 2. The van der Waals surface area contributed by atoms with Crippen LogP contribution < -0.4 is 9.80 Å². The van der Waals surface area contributed by atoms with Gasteiger partial charge in [-0.3, -0.25) is 9.59 Å². The molecule has 0 bridgehead atoms. The topological polar surface area (TPSA) is 99.7 Å². The van der Waals surface area contributed by atoms with E-state index in [4.69, 9.17) is 9.26 Å².